The van der Waals surface area contributed by atoms with Crippen LogP contribution < -0.4 is 4.90 Å². The normalized spacial score (nSPS) is 13.0. The number of rotatable bonds is 6. The zero-order chi connectivity index (χ0) is 42.5. The van der Waals surface area contributed by atoms with Crippen LogP contribution in [-0.4, -0.2) is 4.57 Å². The first kappa shape index (κ1) is 36.5. The average Bonchev–Trinajstić information content (AvgIpc) is 3.96. The summed E-state index contributed by atoms with van der Waals surface area (Å²) in [5, 5.41) is 7.04. The van der Waals surface area contributed by atoms with E-state index in [2.05, 4.69) is 242 Å². The maximum Gasteiger partial charge on any atom is 0.138 e. The van der Waals surface area contributed by atoms with E-state index < -0.39 is 0 Å². The van der Waals surface area contributed by atoms with E-state index in [1.807, 2.05) is 0 Å². The summed E-state index contributed by atoms with van der Waals surface area (Å²) in [5.74, 6) is 0. The second kappa shape index (κ2) is 13.9. The van der Waals surface area contributed by atoms with Crippen LogP contribution in [0.4, 0.5) is 17.1 Å². The van der Waals surface area contributed by atoms with Crippen molar-refractivity contribution in [3.8, 4) is 39.1 Å². The van der Waals surface area contributed by atoms with E-state index in [1.165, 1.54) is 60.5 Å². The molecule has 2 aromatic heterocycles. The molecule has 0 N–H and O–H groups in total. The molecule has 0 spiro atoms. The quantitative estimate of drug-likeness (QED) is 0.167. The van der Waals surface area contributed by atoms with Crippen molar-refractivity contribution in [3.05, 3.63) is 230 Å². The number of anilines is 3. The van der Waals surface area contributed by atoms with E-state index in [-0.39, 0.29) is 5.41 Å². The molecular weight excluding hydrogens is 777 g/mol. The Balaban J connectivity index is 1.07. The standard InChI is InChI=1S/C61H42N2O/c1-61(2)51-25-13-11-23-47(51)48-34-33-45(37-52(48)61)62(43-20-7-4-8-21-43)44-31-28-41(29-32-44)58-59-50-36-42(39-16-5-3-6-17-39)30-35-54(50)63(53-26-15-19-40-18-9-10-22-46(40)53)55(59)38-57-60(58)49-24-12-14-27-56(49)64-57/h3-38H,1-2H3. The van der Waals surface area contributed by atoms with E-state index in [0.717, 1.165) is 61.3 Å². The first-order valence-corrected chi connectivity index (χ1v) is 22.2. The molecule has 13 rings (SSSR count). The summed E-state index contributed by atoms with van der Waals surface area (Å²) >= 11 is 0. The van der Waals surface area contributed by atoms with Gasteiger partial charge in [-0.2, -0.15) is 0 Å². The lowest BCUT2D eigenvalue weighted by Crippen LogP contribution is -2.16. The Morgan fingerprint density at radius 2 is 1.06 bits per heavy atom. The Labute approximate surface area is 371 Å². The van der Waals surface area contributed by atoms with Crippen LogP contribution in [0.1, 0.15) is 25.0 Å². The van der Waals surface area contributed by atoms with Crippen molar-refractivity contribution in [1.82, 2.24) is 4.57 Å². The molecule has 0 saturated heterocycles. The fourth-order valence-corrected chi connectivity index (χ4v) is 10.8. The Morgan fingerprint density at radius 1 is 0.406 bits per heavy atom. The molecule has 0 amide bonds. The molecule has 3 nitrogen and oxygen atoms in total. The lowest BCUT2D eigenvalue weighted by molar-refractivity contribution is 0.660. The van der Waals surface area contributed by atoms with Gasteiger partial charge < -0.3 is 13.9 Å². The van der Waals surface area contributed by atoms with Gasteiger partial charge in [0, 0.05) is 61.0 Å². The van der Waals surface area contributed by atoms with Crippen LogP contribution >= 0.6 is 0 Å². The molecule has 0 fully saturated rings. The van der Waals surface area contributed by atoms with Crippen molar-refractivity contribution >= 4 is 71.6 Å². The highest BCUT2D eigenvalue weighted by Crippen LogP contribution is 2.52. The van der Waals surface area contributed by atoms with Gasteiger partial charge in [-0.3, -0.25) is 0 Å². The summed E-state index contributed by atoms with van der Waals surface area (Å²) in [6.07, 6.45) is 0. The molecule has 302 valence electrons. The van der Waals surface area contributed by atoms with Gasteiger partial charge in [0.2, 0.25) is 0 Å². The highest BCUT2D eigenvalue weighted by atomic mass is 16.3. The molecule has 0 bridgehead atoms. The van der Waals surface area contributed by atoms with Gasteiger partial charge in [0.1, 0.15) is 11.2 Å². The van der Waals surface area contributed by atoms with Crippen LogP contribution in [-0.2, 0) is 5.41 Å². The first-order valence-electron chi connectivity index (χ1n) is 22.2. The molecule has 2 heterocycles. The molecule has 1 aliphatic rings. The fourth-order valence-electron chi connectivity index (χ4n) is 10.8. The van der Waals surface area contributed by atoms with Crippen molar-refractivity contribution in [1.29, 1.82) is 0 Å². The Morgan fingerprint density at radius 3 is 1.91 bits per heavy atom. The second-order valence-electron chi connectivity index (χ2n) is 17.7. The van der Waals surface area contributed by atoms with Gasteiger partial charge in [-0.05, 0) is 105 Å². The van der Waals surface area contributed by atoms with Crippen molar-refractivity contribution in [3.63, 3.8) is 0 Å². The maximum atomic E-state index is 6.82. The minimum atomic E-state index is -0.114. The van der Waals surface area contributed by atoms with E-state index in [9.17, 15) is 0 Å². The monoisotopic (exact) mass is 818 g/mol. The van der Waals surface area contributed by atoms with Gasteiger partial charge in [0.05, 0.1) is 16.7 Å². The molecule has 0 aliphatic heterocycles. The largest absolute Gasteiger partial charge is 0.456 e. The van der Waals surface area contributed by atoms with Gasteiger partial charge in [0.25, 0.3) is 0 Å². The summed E-state index contributed by atoms with van der Waals surface area (Å²) in [7, 11) is 0. The van der Waals surface area contributed by atoms with Crippen molar-refractivity contribution in [2.24, 2.45) is 0 Å². The lowest BCUT2D eigenvalue weighted by atomic mass is 9.82. The predicted molar refractivity (Wildman–Crippen MR) is 269 cm³/mol. The first-order chi connectivity index (χ1) is 31.5. The minimum Gasteiger partial charge on any atom is -0.456 e. The number of fused-ring (bicyclic) bond motifs is 10. The smallest absolute Gasteiger partial charge is 0.138 e. The Kier molecular flexibility index (Phi) is 7.95. The van der Waals surface area contributed by atoms with Crippen LogP contribution in [0.3, 0.4) is 0 Å². The van der Waals surface area contributed by atoms with E-state index in [1.54, 1.807) is 0 Å². The molecule has 1 aliphatic carbocycles. The van der Waals surface area contributed by atoms with E-state index in [4.69, 9.17) is 4.42 Å². The van der Waals surface area contributed by atoms with Crippen LogP contribution in [0, 0.1) is 0 Å². The van der Waals surface area contributed by atoms with Gasteiger partial charge >= 0.3 is 0 Å². The molecule has 0 atom stereocenters. The maximum absolute atomic E-state index is 6.82. The van der Waals surface area contributed by atoms with Gasteiger partial charge in [-0.1, -0.05) is 166 Å². The number of aromatic nitrogens is 1. The molecule has 10 aromatic carbocycles. The number of hydrogen-bond donors (Lipinski definition) is 0. The number of nitrogens with zero attached hydrogens (tertiary/aromatic N) is 2. The Bertz CT molecular complexity index is 3790. The third-order valence-corrected chi connectivity index (χ3v) is 13.8. The summed E-state index contributed by atoms with van der Waals surface area (Å²) in [5.41, 5.74) is 18.4. The molecule has 0 saturated carbocycles. The average molecular weight is 819 g/mol. The van der Waals surface area contributed by atoms with Crippen molar-refractivity contribution in [2.45, 2.75) is 19.3 Å². The zero-order valence-electron chi connectivity index (χ0n) is 35.6. The summed E-state index contributed by atoms with van der Waals surface area (Å²) in [4.78, 5) is 2.39. The summed E-state index contributed by atoms with van der Waals surface area (Å²) in [6.45, 7) is 4.70. The van der Waals surface area contributed by atoms with Gasteiger partial charge in [-0.15, -0.1) is 0 Å². The minimum absolute atomic E-state index is 0.114. The summed E-state index contributed by atoms with van der Waals surface area (Å²) < 4.78 is 9.28. The Hall–Kier alpha value is -8.14. The SMILES string of the molecule is CC1(C)c2ccccc2-c2ccc(N(c3ccccc3)c3ccc(-c4c5c(cc6c4c4cc(-c7ccccc7)ccc4n6-c4cccc6ccccc46)oc4ccccc45)cc3)cc21. The third kappa shape index (κ3) is 5.41. The van der Waals surface area contributed by atoms with Crippen LogP contribution in [0.5, 0.6) is 0 Å². The van der Waals surface area contributed by atoms with Gasteiger partial charge in [-0.25, -0.2) is 0 Å². The molecular formula is C61H42N2O. The van der Waals surface area contributed by atoms with E-state index in [0.29, 0.717) is 0 Å². The summed E-state index contributed by atoms with van der Waals surface area (Å²) in [6, 6.07) is 79.6. The van der Waals surface area contributed by atoms with Crippen LogP contribution in [0.25, 0.3) is 93.6 Å². The van der Waals surface area contributed by atoms with Gasteiger partial charge in [0.15, 0.2) is 0 Å². The van der Waals surface area contributed by atoms with Crippen LogP contribution in [0.2, 0.25) is 0 Å². The van der Waals surface area contributed by atoms with E-state index >= 15 is 0 Å². The lowest BCUT2D eigenvalue weighted by Gasteiger charge is -2.28. The van der Waals surface area contributed by atoms with Crippen LogP contribution in [0.15, 0.2) is 223 Å². The van der Waals surface area contributed by atoms with Crippen molar-refractivity contribution in [2.75, 3.05) is 4.90 Å². The van der Waals surface area contributed by atoms with Crippen molar-refractivity contribution < 1.29 is 4.42 Å². The molecule has 0 radical (unpaired) electrons. The molecule has 12 aromatic rings. The second-order valence-corrected chi connectivity index (χ2v) is 17.7. The molecule has 0 unspecified atom stereocenters. The highest BCUT2D eigenvalue weighted by molar-refractivity contribution is 6.27. The number of furan rings is 1. The molecule has 64 heavy (non-hydrogen) atoms. The third-order valence-electron chi connectivity index (χ3n) is 13.8. The number of hydrogen-bond acceptors (Lipinski definition) is 2. The predicted octanol–water partition coefficient (Wildman–Crippen LogP) is 16.9. The zero-order valence-corrected chi connectivity index (χ0v) is 35.6. The fraction of sp³-hybridized carbons (Fsp3) is 0.0492. The molecule has 3 heteroatoms. The number of para-hydroxylation sites is 2. The number of benzene rings is 10. The highest BCUT2D eigenvalue weighted by Gasteiger charge is 2.36. The topological polar surface area (TPSA) is 21.3 Å².